The van der Waals surface area contributed by atoms with Gasteiger partial charge in [0.2, 0.25) is 5.82 Å². The first-order valence-electron chi connectivity index (χ1n) is 10.5. The van der Waals surface area contributed by atoms with E-state index < -0.39 is 50.0 Å². The number of fused-ring (bicyclic) bond motifs is 1. The van der Waals surface area contributed by atoms with Gasteiger partial charge in [0.25, 0.3) is 5.56 Å². The molecule has 2 aromatic rings. The van der Waals surface area contributed by atoms with Crippen LogP contribution in [0.1, 0.15) is 38.3 Å². The highest BCUT2D eigenvalue weighted by atomic mass is 31.2. The van der Waals surface area contributed by atoms with Crippen LogP contribution in [0, 0.1) is 5.82 Å². The Balaban J connectivity index is 1.50. The summed E-state index contributed by atoms with van der Waals surface area (Å²) in [6, 6.07) is 6.88. The Hall–Kier alpha value is -2.18. The minimum atomic E-state index is -3.82. The zero-order valence-corrected chi connectivity index (χ0v) is 18.9. The molecule has 1 aromatic heterocycles. The predicted molar refractivity (Wildman–Crippen MR) is 113 cm³/mol. The minimum absolute atomic E-state index is 0.0749. The molecule has 3 heterocycles. The molecule has 4 rings (SSSR count). The van der Waals surface area contributed by atoms with Gasteiger partial charge in [0.15, 0.2) is 12.0 Å². The molecule has 0 aliphatic carbocycles. The van der Waals surface area contributed by atoms with Crippen molar-refractivity contribution in [1.82, 2.24) is 9.55 Å². The van der Waals surface area contributed by atoms with Crippen LogP contribution in [0.3, 0.4) is 0 Å². The minimum Gasteiger partial charge on any atom is -0.349 e. The zero-order chi connectivity index (χ0) is 23.6. The van der Waals surface area contributed by atoms with Crippen molar-refractivity contribution < 1.29 is 37.1 Å². The summed E-state index contributed by atoms with van der Waals surface area (Å²) in [5.74, 6) is -0.847. The van der Waals surface area contributed by atoms with Crippen molar-refractivity contribution in [3.05, 3.63) is 62.7 Å². The third kappa shape index (κ3) is 5.17. The molecule has 0 amide bonds. The summed E-state index contributed by atoms with van der Waals surface area (Å²) >= 11 is 0. The number of hydrogen-bond donors (Lipinski definition) is 2. The lowest BCUT2D eigenvalue weighted by atomic mass is 10.2. The van der Waals surface area contributed by atoms with E-state index in [4.69, 9.17) is 27.8 Å². The van der Waals surface area contributed by atoms with E-state index >= 15 is 0 Å². The Bertz CT molecular complexity index is 1090. The summed E-state index contributed by atoms with van der Waals surface area (Å²) in [7, 11) is -3.82. The summed E-state index contributed by atoms with van der Waals surface area (Å²) in [5, 5.41) is 0. The number of benzene rings is 1. The second-order valence-corrected chi connectivity index (χ2v) is 8.88. The van der Waals surface area contributed by atoms with E-state index in [9.17, 15) is 18.9 Å². The lowest BCUT2D eigenvalue weighted by molar-refractivity contribution is -0.141. The van der Waals surface area contributed by atoms with E-state index in [1.165, 1.54) is 0 Å². The van der Waals surface area contributed by atoms with E-state index in [2.05, 4.69) is 0 Å². The molecule has 2 N–H and O–H groups in total. The van der Waals surface area contributed by atoms with Crippen LogP contribution >= 0.6 is 8.17 Å². The lowest BCUT2D eigenvalue weighted by Gasteiger charge is -2.27. The van der Waals surface area contributed by atoms with Crippen LogP contribution in [-0.4, -0.2) is 46.5 Å². The lowest BCUT2D eigenvalue weighted by Crippen LogP contribution is -2.36. The Morgan fingerprint density at radius 1 is 1.24 bits per heavy atom. The largest absolute Gasteiger partial charge is 0.619 e. The highest BCUT2D eigenvalue weighted by molar-refractivity contribution is 7.55. The first-order chi connectivity index (χ1) is 15.8. The second-order valence-electron chi connectivity index (χ2n) is 7.29. The maximum absolute atomic E-state index is 13.7. The Morgan fingerprint density at radius 2 is 1.97 bits per heavy atom. The van der Waals surface area contributed by atoms with Gasteiger partial charge in [0.05, 0.1) is 11.8 Å². The summed E-state index contributed by atoms with van der Waals surface area (Å²) in [6.45, 7) is 4.39. The molecule has 0 spiro atoms. The molecular formula is C20H25FN2O9P+. The molecule has 2 fully saturated rings. The molecule has 4 atom stereocenters. The second kappa shape index (κ2) is 9.98. The van der Waals surface area contributed by atoms with Crippen molar-refractivity contribution >= 4 is 8.17 Å². The number of hydrogen-bond acceptors (Lipinski definition) is 9. The fourth-order valence-electron chi connectivity index (χ4n) is 3.64. The number of halogens is 1. The van der Waals surface area contributed by atoms with E-state index in [0.717, 1.165) is 10.8 Å². The first kappa shape index (κ1) is 24.0. The van der Waals surface area contributed by atoms with E-state index in [0.29, 0.717) is 18.8 Å². The monoisotopic (exact) mass is 487 g/mol. The van der Waals surface area contributed by atoms with E-state index in [1.807, 2.05) is 18.8 Å². The molecule has 0 radical (unpaired) electrons. The first-order valence-corrected chi connectivity index (χ1v) is 12.0. The normalized spacial score (nSPS) is 27.0. The van der Waals surface area contributed by atoms with Gasteiger partial charge in [-0.3, -0.25) is 18.9 Å². The Labute approximate surface area is 188 Å². The molecule has 13 heteroatoms. The van der Waals surface area contributed by atoms with Gasteiger partial charge in [-0.05, 0) is 19.9 Å². The number of para-hydroxylation sites is 1. The van der Waals surface area contributed by atoms with Gasteiger partial charge < -0.3 is 14.2 Å². The molecule has 180 valence electrons. The van der Waals surface area contributed by atoms with Crippen molar-refractivity contribution in [1.29, 1.82) is 0 Å². The Morgan fingerprint density at radius 3 is 2.70 bits per heavy atom. The average Bonchev–Trinajstić information content (AvgIpc) is 3.19. The number of aromatic amines is 1. The van der Waals surface area contributed by atoms with Crippen LogP contribution in [0.15, 0.2) is 40.1 Å². The van der Waals surface area contributed by atoms with E-state index in [-0.39, 0.29) is 18.8 Å². The zero-order valence-electron chi connectivity index (χ0n) is 18.0. The van der Waals surface area contributed by atoms with Crippen molar-refractivity contribution in [2.75, 3.05) is 19.8 Å². The number of nitrogens with one attached hydrogen (secondary N) is 1. The van der Waals surface area contributed by atoms with Crippen LogP contribution in [0.2, 0.25) is 0 Å². The number of aromatic nitrogens is 2. The third-order valence-electron chi connectivity index (χ3n) is 5.11. The molecule has 1 unspecified atom stereocenters. The summed E-state index contributed by atoms with van der Waals surface area (Å²) < 4.78 is 48.6. The third-order valence-corrected chi connectivity index (χ3v) is 6.55. The van der Waals surface area contributed by atoms with Gasteiger partial charge in [-0.2, -0.15) is 9.28 Å². The summed E-state index contributed by atoms with van der Waals surface area (Å²) in [6.07, 6.45) is -2.06. The molecule has 2 saturated heterocycles. The number of nitrogens with zero attached hydrogens (tertiary/aromatic N) is 1. The molecule has 2 aliphatic rings. The SMILES string of the molecule is CCOC(OCC)c1ccccc1O[P+]1(O)OC[C@H]2O[C@@H](n3cc(F)c(=O)[nH]c3=O)C[C@@H]2O1. The molecule has 33 heavy (non-hydrogen) atoms. The Kier molecular flexibility index (Phi) is 7.25. The standard InChI is InChI=1S/C20H24FN2O9P/c1-3-27-19(28-4-2)12-7-5-6-8-14(12)31-33(26)29-11-16-15(32-33)9-17(30-16)23-10-13(21)18(24)22-20(23)25/h5-8,10,15-17,19,26H,3-4,9,11H2,1-2H3/p+1/t15-,16+,17+,33?/m0/s1. The van der Waals surface area contributed by atoms with Crippen molar-refractivity contribution in [3.8, 4) is 5.75 Å². The number of ether oxygens (including phenoxy) is 3. The molecule has 0 bridgehead atoms. The van der Waals surface area contributed by atoms with Gasteiger partial charge in [-0.1, -0.05) is 18.2 Å². The number of rotatable bonds is 8. The van der Waals surface area contributed by atoms with Crippen LogP contribution in [-0.2, 0) is 23.3 Å². The van der Waals surface area contributed by atoms with Gasteiger partial charge in [-0.15, -0.1) is 9.05 Å². The molecule has 1 aromatic carbocycles. The quantitative estimate of drug-likeness (QED) is 0.425. The topological polar surface area (TPSA) is 130 Å². The predicted octanol–water partition coefficient (Wildman–Crippen LogP) is 2.20. The van der Waals surface area contributed by atoms with Crippen LogP contribution in [0.25, 0.3) is 0 Å². The number of H-pyrrole nitrogens is 1. The molecule has 0 saturated carbocycles. The highest BCUT2D eigenvalue weighted by Crippen LogP contribution is 2.63. The van der Waals surface area contributed by atoms with Crippen LogP contribution < -0.4 is 15.8 Å². The van der Waals surface area contributed by atoms with Crippen molar-refractivity contribution in [2.24, 2.45) is 0 Å². The average molecular weight is 487 g/mol. The van der Waals surface area contributed by atoms with Crippen molar-refractivity contribution in [3.63, 3.8) is 0 Å². The summed E-state index contributed by atoms with van der Waals surface area (Å²) in [4.78, 5) is 36.2. The fraction of sp³-hybridized carbons (Fsp3) is 0.500. The summed E-state index contributed by atoms with van der Waals surface area (Å²) in [5.41, 5.74) is -1.38. The van der Waals surface area contributed by atoms with Gasteiger partial charge in [0.1, 0.15) is 25.0 Å². The van der Waals surface area contributed by atoms with Gasteiger partial charge in [-0.25, -0.2) is 4.79 Å². The van der Waals surface area contributed by atoms with Crippen LogP contribution in [0.5, 0.6) is 5.75 Å². The van der Waals surface area contributed by atoms with Crippen LogP contribution in [0.4, 0.5) is 4.39 Å². The fourth-order valence-corrected chi connectivity index (χ4v) is 5.11. The molecular weight excluding hydrogens is 462 g/mol. The molecule has 2 aliphatic heterocycles. The van der Waals surface area contributed by atoms with E-state index in [1.54, 1.807) is 24.3 Å². The maximum Gasteiger partial charge on any atom is 0.619 e. The van der Waals surface area contributed by atoms with Crippen molar-refractivity contribution in [2.45, 2.75) is 45.0 Å². The molecule has 11 nitrogen and oxygen atoms in total. The van der Waals surface area contributed by atoms with Gasteiger partial charge >= 0.3 is 13.9 Å². The van der Waals surface area contributed by atoms with Gasteiger partial charge in [0, 0.05) is 19.6 Å². The maximum atomic E-state index is 13.7. The highest BCUT2D eigenvalue weighted by Gasteiger charge is 2.59. The smallest absolute Gasteiger partial charge is 0.349 e.